The molecule has 3 nitrogen and oxygen atoms in total. The Morgan fingerprint density at radius 3 is 2.45 bits per heavy atom. The van der Waals surface area contributed by atoms with Crippen LogP contribution in [0.2, 0.25) is 0 Å². The smallest absolute Gasteiger partial charge is 0.174 e. The molecule has 2 aromatic rings. The summed E-state index contributed by atoms with van der Waals surface area (Å²) >= 11 is 0. The molecule has 0 aromatic heterocycles. The van der Waals surface area contributed by atoms with Crippen molar-refractivity contribution in [2.45, 2.75) is 19.5 Å². The van der Waals surface area contributed by atoms with E-state index in [1.165, 1.54) is 11.1 Å². The second kappa shape index (κ2) is 7.32. The SMILES string of the molecule is C[C@@H](NCc1ccc(OCC#N)cc1)c1ccccc1. The van der Waals surface area contributed by atoms with Gasteiger partial charge in [-0.3, -0.25) is 0 Å². The fourth-order valence-electron chi connectivity index (χ4n) is 1.95. The lowest BCUT2D eigenvalue weighted by molar-refractivity contribution is 0.368. The van der Waals surface area contributed by atoms with Gasteiger partial charge in [-0.25, -0.2) is 0 Å². The van der Waals surface area contributed by atoms with Crippen LogP contribution in [0.15, 0.2) is 54.6 Å². The molecule has 0 fully saturated rings. The Morgan fingerprint density at radius 2 is 1.80 bits per heavy atom. The van der Waals surface area contributed by atoms with E-state index in [0.717, 1.165) is 12.3 Å². The summed E-state index contributed by atoms with van der Waals surface area (Å²) in [7, 11) is 0. The minimum atomic E-state index is 0.0860. The van der Waals surface area contributed by atoms with Gasteiger partial charge in [0.1, 0.15) is 11.8 Å². The van der Waals surface area contributed by atoms with Crippen LogP contribution in [0.5, 0.6) is 5.75 Å². The van der Waals surface area contributed by atoms with Gasteiger partial charge < -0.3 is 10.1 Å². The molecule has 20 heavy (non-hydrogen) atoms. The minimum Gasteiger partial charge on any atom is -0.479 e. The predicted octanol–water partition coefficient (Wildman–Crippen LogP) is 3.44. The minimum absolute atomic E-state index is 0.0860. The Bertz CT molecular complexity index is 558. The van der Waals surface area contributed by atoms with Gasteiger partial charge in [-0.05, 0) is 30.2 Å². The van der Waals surface area contributed by atoms with Crippen molar-refractivity contribution in [2.24, 2.45) is 0 Å². The standard InChI is InChI=1S/C17H18N2O/c1-14(16-5-3-2-4-6-16)19-13-15-7-9-17(10-8-15)20-12-11-18/h2-10,14,19H,12-13H2,1H3/t14-/m1/s1. The quantitative estimate of drug-likeness (QED) is 0.871. The molecule has 0 unspecified atom stereocenters. The molecule has 0 spiro atoms. The Hall–Kier alpha value is -2.31. The third-order valence-corrected chi connectivity index (χ3v) is 3.14. The molecule has 0 saturated heterocycles. The summed E-state index contributed by atoms with van der Waals surface area (Å²) in [5, 5.41) is 11.9. The predicted molar refractivity (Wildman–Crippen MR) is 79.2 cm³/mol. The molecule has 3 heteroatoms. The van der Waals surface area contributed by atoms with Crippen LogP contribution in [0.1, 0.15) is 24.1 Å². The first-order valence-electron chi connectivity index (χ1n) is 6.66. The first kappa shape index (κ1) is 14.1. The van der Waals surface area contributed by atoms with Gasteiger partial charge in [0.15, 0.2) is 6.61 Å². The molecule has 0 saturated carbocycles. The summed E-state index contributed by atoms with van der Waals surface area (Å²) in [5.74, 6) is 0.728. The fraction of sp³-hybridized carbons (Fsp3) is 0.235. The van der Waals surface area contributed by atoms with Gasteiger partial charge in [-0.1, -0.05) is 42.5 Å². The van der Waals surface area contributed by atoms with Crippen molar-refractivity contribution in [2.75, 3.05) is 6.61 Å². The number of ether oxygens (including phenoxy) is 1. The molecule has 102 valence electrons. The second-order valence-corrected chi connectivity index (χ2v) is 4.60. The van der Waals surface area contributed by atoms with E-state index in [4.69, 9.17) is 10.00 Å². The Kier molecular flexibility index (Phi) is 5.16. The summed E-state index contributed by atoms with van der Waals surface area (Å²) in [6, 6.07) is 20.4. The average Bonchev–Trinajstić information content (AvgIpc) is 2.52. The Morgan fingerprint density at radius 1 is 1.10 bits per heavy atom. The average molecular weight is 266 g/mol. The third-order valence-electron chi connectivity index (χ3n) is 3.14. The second-order valence-electron chi connectivity index (χ2n) is 4.60. The normalized spacial score (nSPS) is 11.6. The van der Waals surface area contributed by atoms with Gasteiger partial charge in [-0.15, -0.1) is 0 Å². The van der Waals surface area contributed by atoms with Crippen LogP contribution in [0, 0.1) is 11.3 Å². The lowest BCUT2D eigenvalue weighted by atomic mass is 10.1. The van der Waals surface area contributed by atoms with Gasteiger partial charge in [-0.2, -0.15) is 5.26 Å². The largest absolute Gasteiger partial charge is 0.479 e. The zero-order chi connectivity index (χ0) is 14.2. The van der Waals surface area contributed by atoms with E-state index in [2.05, 4.69) is 36.5 Å². The van der Waals surface area contributed by atoms with Crippen LogP contribution in [0.4, 0.5) is 0 Å². The summed E-state index contributed by atoms with van der Waals surface area (Å²) < 4.78 is 5.22. The number of nitrogens with zero attached hydrogens (tertiary/aromatic N) is 1. The van der Waals surface area contributed by atoms with Crippen LogP contribution in [0.3, 0.4) is 0 Å². The van der Waals surface area contributed by atoms with Crippen LogP contribution >= 0.6 is 0 Å². The molecule has 0 aliphatic heterocycles. The lowest BCUT2D eigenvalue weighted by Gasteiger charge is -2.14. The zero-order valence-corrected chi connectivity index (χ0v) is 11.5. The summed E-state index contributed by atoms with van der Waals surface area (Å²) in [4.78, 5) is 0. The molecular weight excluding hydrogens is 248 g/mol. The topological polar surface area (TPSA) is 45.0 Å². The molecular formula is C17H18N2O. The first-order valence-corrected chi connectivity index (χ1v) is 6.66. The van der Waals surface area contributed by atoms with Crippen LogP contribution in [-0.2, 0) is 6.54 Å². The number of nitrogens with one attached hydrogen (secondary N) is 1. The van der Waals surface area contributed by atoms with Gasteiger partial charge in [0, 0.05) is 12.6 Å². The van der Waals surface area contributed by atoms with Crippen LogP contribution < -0.4 is 10.1 Å². The highest BCUT2D eigenvalue weighted by Gasteiger charge is 2.03. The van der Waals surface area contributed by atoms with Crippen LogP contribution in [-0.4, -0.2) is 6.61 Å². The molecule has 0 heterocycles. The van der Waals surface area contributed by atoms with E-state index in [0.29, 0.717) is 6.04 Å². The Balaban J connectivity index is 1.86. The summed E-state index contributed by atoms with van der Waals surface area (Å²) in [6.07, 6.45) is 0. The fourth-order valence-corrected chi connectivity index (χ4v) is 1.95. The van der Waals surface area contributed by atoms with E-state index in [9.17, 15) is 0 Å². The molecule has 1 atom stereocenters. The summed E-state index contributed by atoms with van der Waals surface area (Å²) in [6.45, 7) is 3.04. The van der Waals surface area contributed by atoms with Crippen molar-refractivity contribution < 1.29 is 4.74 Å². The molecule has 2 rings (SSSR count). The summed E-state index contributed by atoms with van der Waals surface area (Å²) in [5.41, 5.74) is 2.47. The number of hydrogen-bond donors (Lipinski definition) is 1. The van der Waals surface area contributed by atoms with E-state index in [-0.39, 0.29) is 6.61 Å². The van der Waals surface area contributed by atoms with Crippen molar-refractivity contribution in [1.29, 1.82) is 5.26 Å². The highest BCUT2D eigenvalue weighted by molar-refractivity contribution is 5.27. The number of nitriles is 1. The van der Waals surface area contributed by atoms with Gasteiger partial charge in [0.25, 0.3) is 0 Å². The van der Waals surface area contributed by atoms with Crippen molar-refractivity contribution >= 4 is 0 Å². The van der Waals surface area contributed by atoms with E-state index < -0.39 is 0 Å². The number of rotatable bonds is 6. The molecule has 0 bridgehead atoms. The van der Waals surface area contributed by atoms with E-state index >= 15 is 0 Å². The maximum atomic E-state index is 8.45. The maximum absolute atomic E-state index is 8.45. The molecule has 2 aromatic carbocycles. The highest BCUT2D eigenvalue weighted by Crippen LogP contribution is 2.15. The van der Waals surface area contributed by atoms with E-state index in [1.807, 2.05) is 36.4 Å². The van der Waals surface area contributed by atoms with Crippen molar-refractivity contribution in [3.63, 3.8) is 0 Å². The lowest BCUT2D eigenvalue weighted by Crippen LogP contribution is -2.17. The van der Waals surface area contributed by atoms with Crippen LogP contribution in [0.25, 0.3) is 0 Å². The molecule has 0 radical (unpaired) electrons. The van der Waals surface area contributed by atoms with Gasteiger partial charge in [0.05, 0.1) is 0 Å². The van der Waals surface area contributed by atoms with Crippen molar-refractivity contribution in [1.82, 2.24) is 5.32 Å². The number of benzene rings is 2. The highest BCUT2D eigenvalue weighted by atomic mass is 16.5. The third kappa shape index (κ3) is 4.11. The van der Waals surface area contributed by atoms with Crippen molar-refractivity contribution in [3.05, 3.63) is 65.7 Å². The molecule has 1 N–H and O–H groups in total. The monoisotopic (exact) mass is 266 g/mol. The zero-order valence-electron chi connectivity index (χ0n) is 11.5. The molecule has 0 aliphatic carbocycles. The number of hydrogen-bond acceptors (Lipinski definition) is 3. The molecule has 0 aliphatic rings. The van der Waals surface area contributed by atoms with Gasteiger partial charge >= 0.3 is 0 Å². The molecule has 0 amide bonds. The maximum Gasteiger partial charge on any atom is 0.174 e. The first-order chi connectivity index (χ1) is 9.79. The Labute approximate surface area is 119 Å². The van der Waals surface area contributed by atoms with E-state index in [1.54, 1.807) is 0 Å². The van der Waals surface area contributed by atoms with Crippen molar-refractivity contribution in [3.8, 4) is 11.8 Å². The van der Waals surface area contributed by atoms with Gasteiger partial charge in [0.2, 0.25) is 0 Å².